The van der Waals surface area contributed by atoms with Crippen molar-refractivity contribution in [2.75, 3.05) is 16.3 Å². The van der Waals surface area contributed by atoms with Crippen molar-refractivity contribution in [2.45, 2.75) is 9.79 Å². The summed E-state index contributed by atoms with van der Waals surface area (Å²) in [6, 6.07) is 15.6. The molecule has 0 bridgehead atoms. The standard InChI is InChI=1S/C22H17FN4O6S2/c1-34(29,30)17-6-4-5-14(13-17)21-25-26-22(33-21)24-20(28)18-7-2-3-8-19(18)27-35(31,32)16-11-9-15(23)10-12-16/h2-13,27H,1H3,(H,24,26,28). The molecule has 0 aliphatic rings. The van der Waals surface area contributed by atoms with Gasteiger partial charge in [-0.15, -0.1) is 5.10 Å². The van der Waals surface area contributed by atoms with Gasteiger partial charge in [0.15, 0.2) is 9.84 Å². The second-order valence-electron chi connectivity index (χ2n) is 7.27. The highest BCUT2D eigenvalue weighted by atomic mass is 32.2. The number of carbonyl (C=O) groups is 1. The summed E-state index contributed by atoms with van der Waals surface area (Å²) in [6.07, 6.45) is 1.06. The molecule has 1 heterocycles. The number of para-hydroxylation sites is 1. The van der Waals surface area contributed by atoms with Gasteiger partial charge in [-0.3, -0.25) is 14.8 Å². The second kappa shape index (κ2) is 9.27. The zero-order chi connectivity index (χ0) is 25.2. The lowest BCUT2D eigenvalue weighted by Crippen LogP contribution is -2.18. The summed E-state index contributed by atoms with van der Waals surface area (Å²) >= 11 is 0. The quantitative estimate of drug-likeness (QED) is 0.380. The molecule has 3 aromatic carbocycles. The fraction of sp³-hybridized carbons (Fsp3) is 0.0455. The van der Waals surface area contributed by atoms with Crippen LogP contribution in [0.2, 0.25) is 0 Å². The molecule has 10 nitrogen and oxygen atoms in total. The molecular weight excluding hydrogens is 499 g/mol. The third-order valence-corrected chi connectivity index (χ3v) is 7.19. The number of halogens is 1. The Morgan fingerprint density at radius 2 is 1.60 bits per heavy atom. The van der Waals surface area contributed by atoms with E-state index < -0.39 is 31.6 Å². The highest BCUT2D eigenvalue weighted by Gasteiger charge is 2.20. The summed E-state index contributed by atoms with van der Waals surface area (Å²) in [4.78, 5) is 12.7. The number of hydrogen-bond donors (Lipinski definition) is 2. The predicted octanol–water partition coefficient (Wildman–Crippen LogP) is 3.33. The number of nitrogens with one attached hydrogen (secondary N) is 2. The maximum atomic E-state index is 13.1. The number of sulfonamides is 1. The molecule has 1 amide bonds. The van der Waals surface area contributed by atoms with Crippen molar-refractivity contribution in [1.82, 2.24) is 10.2 Å². The number of amides is 1. The summed E-state index contributed by atoms with van der Waals surface area (Å²) in [5.41, 5.74) is 0.250. The Balaban J connectivity index is 1.55. The van der Waals surface area contributed by atoms with Gasteiger partial charge in [0.05, 0.1) is 21.0 Å². The van der Waals surface area contributed by atoms with Crippen molar-refractivity contribution in [3.8, 4) is 11.5 Å². The van der Waals surface area contributed by atoms with Crippen molar-refractivity contribution >= 4 is 37.5 Å². The summed E-state index contributed by atoms with van der Waals surface area (Å²) < 4.78 is 69.7. The normalized spacial score (nSPS) is 11.7. The van der Waals surface area contributed by atoms with Gasteiger partial charge in [0.2, 0.25) is 5.89 Å². The fourth-order valence-corrected chi connectivity index (χ4v) is 4.75. The van der Waals surface area contributed by atoms with E-state index in [2.05, 4.69) is 20.2 Å². The van der Waals surface area contributed by atoms with Crippen LogP contribution in [0.1, 0.15) is 10.4 Å². The highest BCUT2D eigenvalue weighted by Crippen LogP contribution is 2.25. The minimum absolute atomic E-state index is 0.0314. The second-order valence-corrected chi connectivity index (χ2v) is 11.0. The van der Waals surface area contributed by atoms with Crippen LogP contribution in [-0.4, -0.2) is 39.2 Å². The molecular formula is C22H17FN4O6S2. The van der Waals surface area contributed by atoms with E-state index in [1.54, 1.807) is 6.07 Å². The van der Waals surface area contributed by atoms with Crippen molar-refractivity contribution < 1.29 is 30.4 Å². The van der Waals surface area contributed by atoms with Gasteiger partial charge < -0.3 is 4.42 Å². The summed E-state index contributed by atoms with van der Waals surface area (Å²) in [6.45, 7) is 0. The summed E-state index contributed by atoms with van der Waals surface area (Å²) in [5.74, 6) is -1.37. The Kier molecular flexibility index (Phi) is 6.37. The van der Waals surface area contributed by atoms with Crippen LogP contribution in [0, 0.1) is 5.82 Å². The lowest BCUT2D eigenvalue weighted by atomic mass is 10.2. The van der Waals surface area contributed by atoms with E-state index in [-0.39, 0.29) is 32.9 Å². The molecule has 0 saturated heterocycles. The topological polar surface area (TPSA) is 148 Å². The van der Waals surface area contributed by atoms with Crippen molar-refractivity contribution in [1.29, 1.82) is 0 Å². The highest BCUT2D eigenvalue weighted by molar-refractivity contribution is 7.92. The number of carbonyl (C=O) groups excluding carboxylic acids is 1. The zero-order valence-electron chi connectivity index (χ0n) is 18.0. The van der Waals surface area contributed by atoms with Gasteiger partial charge in [0.25, 0.3) is 15.9 Å². The van der Waals surface area contributed by atoms with E-state index in [0.717, 1.165) is 30.5 Å². The number of rotatable bonds is 7. The molecule has 0 aliphatic carbocycles. The summed E-state index contributed by atoms with van der Waals surface area (Å²) in [7, 11) is -7.56. The lowest BCUT2D eigenvalue weighted by molar-refractivity contribution is 0.102. The van der Waals surface area contributed by atoms with Gasteiger partial charge >= 0.3 is 6.01 Å². The minimum atomic E-state index is -4.10. The first-order valence-corrected chi connectivity index (χ1v) is 13.2. The molecule has 35 heavy (non-hydrogen) atoms. The Bertz CT molecular complexity index is 1620. The zero-order valence-corrected chi connectivity index (χ0v) is 19.6. The van der Waals surface area contributed by atoms with Crippen LogP contribution in [0.5, 0.6) is 0 Å². The fourth-order valence-electron chi connectivity index (χ4n) is 3.00. The third-order valence-electron chi connectivity index (χ3n) is 4.69. The SMILES string of the molecule is CS(=O)(=O)c1cccc(-c2nnc(NC(=O)c3ccccc3NS(=O)(=O)c3ccc(F)cc3)o2)c1. The molecule has 2 N–H and O–H groups in total. The Morgan fingerprint density at radius 3 is 2.31 bits per heavy atom. The van der Waals surface area contributed by atoms with Crippen LogP contribution < -0.4 is 10.0 Å². The molecule has 0 spiro atoms. The molecule has 0 unspecified atom stereocenters. The molecule has 0 radical (unpaired) electrons. The van der Waals surface area contributed by atoms with Crippen molar-refractivity contribution in [3.63, 3.8) is 0 Å². The first-order chi connectivity index (χ1) is 16.5. The lowest BCUT2D eigenvalue weighted by Gasteiger charge is -2.12. The van der Waals surface area contributed by atoms with E-state index >= 15 is 0 Å². The monoisotopic (exact) mass is 516 g/mol. The van der Waals surface area contributed by atoms with Crippen molar-refractivity contribution in [3.05, 3.63) is 84.2 Å². The van der Waals surface area contributed by atoms with Gasteiger partial charge in [-0.05, 0) is 54.6 Å². The van der Waals surface area contributed by atoms with Crippen LogP contribution in [0.25, 0.3) is 11.5 Å². The first-order valence-electron chi connectivity index (χ1n) is 9.86. The van der Waals surface area contributed by atoms with Crippen LogP contribution in [0.15, 0.2) is 87.0 Å². The minimum Gasteiger partial charge on any atom is -0.403 e. The molecule has 0 fully saturated rings. The predicted molar refractivity (Wildman–Crippen MR) is 124 cm³/mol. The van der Waals surface area contributed by atoms with E-state index in [1.165, 1.54) is 42.5 Å². The van der Waals surface area contributed by atoms with Gasteiger partial charge in [0.1, 0.15) is 5.82 Å². The molecule has 4 aromatic rings. The van der Waals surface area contributed by atoms with E-state index in [0.29, 0.717) is 5.56 Å². The number of sulfone groups is 1. The maximum Gasteiger partial charge on any atom is 0.322 e. The number of benzene rings is 3. The number of nitrogens with zero attached hydrogens (tertiary/aromatic N) is 2. The van der Waals surface area contributed by atoms with Crippen LogP contribution in [0.4, 0.5) is 16.1 Å². The Morgan fingerprint density at radius 1 is 0.886 bits per heavy atom. The van der Waals surface area contributed by atoms with Crippen LogP contribution >= 0.6 is 0 Å². The van der Waals surface area contributed by atoms with Gasteiger partial charge in [-0.2, -0.15) is 0 Å². The smallest absolute Gasteiger partial charge is 0.322 e. The molecule has 13 heteroatoms. The van der Waals surface area contributed by atoms with Gasteiger partial charge in [-0.25, -0.2) is 21.2 Å². The Labute approximate surface area is 199 Å². The molecule has 1 aromatic heterocycles. The number of anilines is 2. The molecule has 0 aliphatic heterocycles. The van der Waals surface area contributed by atoms with Gasteiger partial charge in [-0.1, -0.05) is 23.3 Å². The van der Waals surface area contributed by atoms with Crippen molar-refractivity contribution in [2.24, 2.45) is 0 Å². The number of aromatic nitrogens is 2. The summed E-state index contributed by atoms with van der Waals surface area (Å²) in [5, 5.41) is 9.94. The van der Waals surface area contributed by atoms with E-state index in [1.807, 2.05) is 0 Å². The van der Waals surface area contributed by atoms with E-state index in [4.69, 9.17) is 4.42 Å². The molecule has 180 valence electrons. The van der Waals surface area contributed by atoms with Crippen LogP contribution in [0.3, 0.4) is 0 Å². The average Bonchev–Trinajstić information content (AvgIpc) is 3.27. The van der Waals surface area contributed by atoms with E-state index in [9.17, 15) is 26.0 Å². The molecule has 0 saturated carbocycles. The molecule has 0 atom stereocenters. The Hall–Kier alpha value is -4.10. The molecule has 4 rings (SSSR count). The van der Waals surface area contributed by atoms with Crippen LogP contribution in [-0.2, 0) is 19.9 Å². The average molecular weight is 517 g/mol. The van der Waals surface area contributed by atoms with Gasteiger partial charge in [0, 0.05) is 11.8 Å². The number of hydrogen-bond acceptors (Lipinski definition) is 8. The first kappa shape index (κ1) is 24.0. The third kappa shape index (κ3) is 5.53. The maximum absolute atomic E-state index is 13.1. The largest absolute Gasteiger partial charge is 0.403 e.